The second kappa shape index (κ2) is 12.5. The minimum absolute atomic E-state index is 0.184. The summed E-state index contributed by atoms with van der Waals surface area (Å²) in [5.74, 6) is 1.17. The van der Waals surface area contributed by atoms with Crippen LogP contribution in [-0.2, 0) is 32.5 Å². The van der Waals surface area contributed by atoms with Gasteiger partial charge in [0.15, 0.2) is 0 Å². The van der Waals surface area contributed by atoms with Crippen LogP contribution in [0, 0.1) is 0 Å². The van der Waals surface area contributed by atoms with E-state index in [2.05, 4.69) is 16.4 Å². The first kappa shape index (κ1) is 27.6. The van der Waals surface area contributed by atoms with Crippen LogP contribution >= 0.6 is 11.6 Å². The fourth-order valence-corrected chi connectivity index (χ4v) is 5.53. The van der Waals surface area contributed by atoms with Crippen LogP contribution in [0.15, 0.2) is 65.8 Å². The number of hydrogen-bond acceptors (Lipinski definition) is 6. The molecule has 1 atom stereocenters. The Morgan fingerprint density at radius 3 is 2.72 bits per heavy atom. The van der Waals surface area contributed by atoms with Gasteiger partial charge in [0.2, 0.25) is 0 Å². The van der Waals surface area contributed by atoms with Gasteiger partial charge >= 0.3 is 6.09 Å². The van der Waals surface area contributed by atoms with Crippen molar-refractivity contribution < 1.29 is 28.3 Å². The second-order valence-corrected chi connectivity index (χ2v) is 11.6. The lowest BCUT2D eigenvalue weighted by atomic mass is 9.96. The highest BCUT2D eigenvalue weighted by molar-refractivity contribution is 7.85. The number of rotatable bonds is 14. The van der Waals surface area contributed by atoms with Crippen LogP contribution in [-0.4, -0.2) is 52.0 Å². The van der Waals surface area contributed by atoms with Gasteiger partial charge in [-0.2, -0.15) is 0 Å². The lowest BCUT2D eigenvalue weighted by Crippen LogP contribution is -2.25. The maximum Gasteiger partial charge on any atom is 0.404 e. The van der Waals surface area contributed by atoms with Crippen LogP contribution in [0.3, 0.4) is 0 Å². The summed E-state index contributed by atoms with van der Waals surface area (Å²) in [7, 11) is -1.29. The van der Waals surface area contributed by atoms with E-state index >= 15 is 0 Å². The van der Waals surface area contributed by atoms with Gasteiger partial charge in [0.25, 0.3) is 0 Å². The summed E-state index contributed by atoms with van der Waals surface area (Å²) in [6.45, 7) is 0.930. The molecule has 2 N–H and O–H groups in total. The zero-order chi connectivity index (χ0) is 27.2. The van der Waals surface area contributed by atoms with E-state index in [9.17, 15) is 9.00 Å². The van der Waals surface area contributed by atoms with Crippen LogP contribution < -0.4 is 10.1 Å². The fourth-order valence-electron chi connectivity index (χ4n) is 4.36. The van der Waals surface area contributed by atoms with Gasteiger partial charge in [0, 0.05) is 40.0 Å². The van der Waals surface area contributed by atoms with Crippen LogP contribution in [0.5, 0.6) is 5.75 Å². The normalized spacial score (nSPS) is 16.4. The maximum atomic E-state index is 12.8. The number of aromatic nitrogens is 1. The van der Waals surface area contributed by atoms with Gasteiger partial charge in [0.05, 0.1) is 48.1 Å². The molecule has 1 aromatic heterocycles. The predicted octanol–water partition coefficient (Wildman–Crippen LogP) is 5.54. The number of nitrogens with one attached hydrogen (secondary N) is 1. The molecule has 0 radical (unpaired) electrons. The van der Waals surface area contributed by atoms with E-state index in [0.717, 1.165) is 53.7 Å². The number of pyridine rings is 1. The van der Waals surface area contributed by atoms with Crippen molar-refractivity contribution in [2.45, 2.75) is 48.9 Å². The zero-order valence-corrected chi connectivity index (χ0v) is 23.0. The molecule has 10 heteroatoms. The molecule has 206 valence electrons. The Morgan fingerprint density at radius 1 is 1.13 bits per heavy atom. The van der Waals surface area contributed by atoms with Gasteiger partial charge in [-0.1, -0.05) is 29.8 Å². The van der Waals surface area contributed by atoms with Crippen molar-refractivity contribution in [2.24, 2.45) is 0 Å². The molecule has 2 fully saturated rings. The lowest BCUT2D eigenvalue weighted by Gasteiger charge is -2.22. The Balaban J connectivity index is 1.25. The van der Waals surface area contributed by atoms with Crippen LogP contribution in [0.1, 0.15) is 36.8 Å². The largest absolute Gasteiger partial charge is 0.490 e. The number of carbonyl (C=O) groups is 1. The first-order valence-corrected chi connectivity index (χ1v) is 14.7. The van der Waals surface area contributed by atoms with E-state index in [-0.39, 0.29) is 26.4 Å². The number of amides is 1. The molecule has 39 heavy (non-hydrogen) atoms. The van der Waals surface area contributed by atoms with E-state index in [1.807, 2.05) is 36.5 Å². The lowest BCUT2D eigenvalue weighted by molar-refractivity contribution is 0.0173. The van der Waals surface area contributed by atoms with Gasteiger partial charge in [-0.25, -0.2) is 4.79 Å². The second-order valence-electron chi connectivity index (χ2n) is 9.66. The van der Waals surface area contributed by atoms with Crippen molar-refractivity contribution in [3.05, 3.63) is 77.1 Å². The average Bonchev–Trinajstić information content (AvgIpc) is 3.87. The summed E-state index contributed by atoms with van der Waals surface area (Å²) in [5.41, 5.74) is 3.42. The van der Waals surface area contributed by atoms with Crippen LogP contribution in [0.25, 0.3) is 11.1 Å². The molecular formula is C29H31ClN2O6S. The molecule has 0 spiro atoms. The quantitative estimate of drug-likeness (QED) is 0.245. The van der Waals surface area contributed by atoms with Crippen LogP contribution in [0.4, 0.5) is 4.79 Å². The Hall–Kier alpha value is -2.98. The molecule has 0 bridgehead atoms. The van der Waals surface area contributed by atoms with E-state index in [1.54, 1.807) is 18.3 Å². The Kier molecular flexibility index (Phi) is 8.82. The highest BCUT2D eigenvalue weighted by Crippen LogP contribution is 2.53. The highest BCUT2D eigenvalue weighted by Gasteiger charge is 2.47. The molecule has 2 aliphatic rings. The summed E-state index contributed by atoms with van der Waals surface area (Å²) in [4.78, 5) is 15.5. The third kappa shape index (κ3) is 7.16. The van der Waals surface area contributed by atoms with Crippen molar-refractivity contribution in [3.8, 4) is 16.9 Å². The molecule has 5 rings (SSSR count). The molecule has 8 nitrogen and oxygen atoms in total. The van der Waals surface area contributed by atoms with Gasteiger partial charge in [-0.15, -0.1) is 0 Å². The van der Waals surface area contributed by atoms with E-state index in [1.165, 1.54) is 0 Å². The standard InChI is InChI=1S/C29H31ClN2O6S/c30-26-8-7-22(39(35)16-15-36-14-13-32-28(33)34)17-20(26)19-37-29(10-11-29)25-18-31-12-9-23(25)24-3-1-2-4-27(24)38-21-5-6-21/h1-4,7-9,12,17-18,21,32H,5-6,10-11,13-16,19H2,(H,33,34). The topological polar surface area (TPSA) is 107 Å². The molecule has 2 aliphatic carbocycles. The molecular weight excluding hydrogens is 540 g/mol. The first-order chi connectivity index (χ1) is 18.9. The van der Waals surface area contributed by atoms with E-state index in [0.29, 0.717) is 21.8 Å². The smallest absolute Gasteiger partial charge is 0.404 e. The minimum atomic E-state index is -1.29. The van der Waals surface area contributed by atoms with Crippen molar-refractivity contribution in [2.75, 3.05) is 25.5 Å². The number of hydrogen-bond donors (Lipinski definition) is 2. The van der Waals surface area contributed by atoms with Crippen molar-refractivity contribution in [1.29, 1.82) is 0 Å². The van der Waals surface area contributed by atoms with Gasteiger partial charge in [0.1, 0.15) is 5.75 Å². The summed E-state index contributed by atoms with van der Waals surface area (Å²) in [6.07, 6.45) is 6.80. The third-order valence-corrected chi connectivity index (χ3v) is 8.42. The summed E-state index contributed by atoms with van der Waals surface area (Å²) in [5, 5.41) is 11.4. The van der Waals surface area contributed by atoms with Gasteiger partial charge < -0.3 is 24.6 Å². The number of nitrogens with zero attached hydrogens (tertiary/aromatic N) is 1. The average molecular weight is 571 g/mol. The summed E-state index contributed by atoms with van der Waals surface area (Å²) < 4.78 is 30.9. The first-order valence-electron chi connectivity index (χ1n) is 13.0. The number of ether oxygens (including phenoxy) is 3. The number of benzene rings is 2. The molecule has 0 aliphatic heterocycles. The molecule has 0 saturated heterocycles. The van der Waals surface area contributed by atoms with Crippen LogP contribution in [0.2, 0.25) is 5.02 Å². The summed E-state index contributed by atoms with van der Waals surface area (Å²) in [6, 6.07) is 15.4. The number of halogens is 1. The van der Waals surface area contributed by atoms with E-state index < -0.39 is 22.5 Å². The van der Waals surface area contributed by atoms with Crippen molar-refractivity contribution in [1.82, 2.24) is 10.3 Å². The molecule has 1 heterocycles. The molecule has 1 unspecified atom stereocenters. The molecule has 2 aromatic carbocycles. The zero-order valence-electron chi connectivity index (χ0n) is 21.4. The van der Waals surface area contributed by atoms with Gasteiger partial charge in [-0.05, 0) is 67.1 Å². The maximum absolute atomic E-state index is 12.8. The third-order valence-electron chi connectivity index (χ3n) is 6.73. The monoisotopic (exact) mass is 570 g/mol. The highest BCUT2D eigenvalue weighted by atomic mass is 35.5. The van der Waals surface area contributed by atoms with Crippen molar-refractivity contribution in [3.63, 3.8) is 0 Å². The molecule has 3 aromatic rings. The van der Waals surface area contributed by atoms with E-state index in [4.69, 9.17) is 30.9 Å². The summed E-state index contributed by atoms with van der Waals surface area (Å²) >= 11 is 6.50. The SMILES string of the molecule is O=C(O)NCCOCCS(=O)c1ccc(Cl)c(COC2(c3cnccc3-c3ccccc3OC3CC3)CC2)c1. The Bertz CT molecular complexity index is 1340. The molecule has 1 amide bonds. The predicted molar refractivity (Wildman–Crippen MR) is 149 cm³/mol. The van der Waals surface area contributed by atoms with Gasteiger partial charge in [-0.3, -0.25) is 9.19 Å². The number of para-hydroxylation sites is 1. The molecule has 2 saturated carbocycles. The Labute approximate surface area is 235 Å². The van der Waals surface area contributed by atoms with Crippen molar-refractivity contribution >= 4 is 28.5 Å². The Morgan fingerprint density at radius 2 is 1.95 bits per heavy atom. The minimum Gasteiger partial charge on any atom is -0.490 e. The fraction of sp³-hybridized carbons (Fsp3) is 0.379. The number of carboxylic acid groups (broad SMARTS) is 1.